The van der Waals surface area contributed by atoms with Gasteiger partial charge in [-0.2, -0.15) is 0 Å². The Morgan fingerprint density at radius 2 is 2.21 bits per heavy atom. The normalized spacial score (nSPS) is 10.6. The van der Waals surface area contributed by atoms with Crippen molar-refractivity contribution in [2.24, 2.45) is 5.73 Å². The molecule has 0 aliphatic carbocycles. The smallest absolute Gasteiger partial charge is 0.221 e. The van der Waals surface area contributed by atoms with Crippen LogP contribution in [-0.4, -0.2) is 38.6 Å². The molecule has 5 heteroatoms. The molecule has 1 rings (SSSR count). The van der Waals surface area contributed by atoms with Crippen LogP contribution in [0, 0.1) is 0 Å². The highest BCUT2D eigenvalue weighted by atomic mass is 16.5. The highest BCUT2D eigenvalue weighted by molar-refractivity contribution is 5.75. The zero-order valence-electron chi connectivity index (χ0n) is 11.9. The number of benzene rings is 1. The first kappa shape index (κ1) is 15.5. The fourth-order valence-electron chi connectivity index (χ4n) is 1.90. The topological polar surface area (TPSA) is 67.6 Å². The fourth-order valence-corrected chi connectivity index (χ4v) is 1.90. The van der Waals surface area contributed by atoms with Crippen molar-refractivity contribution in [1.82, 2.24) is 10.2 Å². The van der Waals surface area contributed by atoms with E-state index in [0.717, 1.165) is 24.4 Å². The SMILES string of the molecule is CNC(=O)CCN(C)Cc1ccc(OC)c(CN)c1. The first-order valence-corrected chi connectivity index (χ1v) is 6.35. The van der Waals surface area contributed by atoms with Gasteiger partial charge in [-0.05, 0) is 24.7 Å². The van der Waals surface area contributed by atoms with E-state index in [-0.39, 0.29) is 5.91 Å². The van der Waals surface area contributed by atoms with E-state index in [0.29, 0.717) is 13.0 Å². The van der Waals surface area contributed by atoms with Crippen molar-refractivity contribution < 1.29 is 9.53 Å². The van der Waals surface area contributed by atoms with E-state index in [1.165, 1.54) is 5.56 Å². The number of carbonyl (C=O) groups is 1. The van der Waals surface area contributed by atoms with E-state index in [4.69, 9.17) is 10.5 Å². The Balaban J connectivity index is 2.59. The van der Waals surface area contributed by atoms with Gasteiger partial charge in [0.25, 0.3) is 0 Å². The molecular weight excluding hydrogens is 242 g/mol. The Labute approximate surface area is 114 Å². The third kappa shape index (κ3) is 4.89. The molecule has 1 amide bonds. The molecule has 0 radical (unpaired) electrons. The van der Waals surface area contributed by atoms with Crippen LogP contribution in [-0.2, 0) is 17.9 Å². The molecule has 0 bridgehead atoms. The molecule has 0 aliphatic rings. The lowest BCUT2D eigenvalue weighted by atomic mass is 10.1. The highest BCUT2D eigenvalue weighted by Gasteiger charge is 2.06. The number of rotatable bonds is 7. The molecule has 0 atom stereocenters. The van der Waals surface area contributed by atoms with Crippen LogP contribution in [0.2, 0.25) is 0 Å². The Morgan fingerprint density at radius 1 is 1.47 bits per heavy atom. The number of nitrogens with two attached hydrogens (primary N) is 1. The third-order valence-corrected chi connectivity index (χ3v) is 3.02. The second-order valence-corrected chi connectivity index (χ2v) is 4.51. The summed E-state index contributed by atoms with van der Waals surface area (Å²) in [7, 11) is 5.29. The molecule has 106 valence electrons. The standard InChI is InChI=1S/C14H23N3O2/c1-16-14(18)6-7-17(2)10-11-4-5-13(19-3)12(8-11)9-15/h4-5,8H,6-7,9-10,15H2,1-3H3,(H,16,18). The van der Waals surface area contributed by atoms with Crippen molar-refractivity contribution in [3.05, 3.63) is 29.3 Å². The maximum Gasteiger partial charge on any atom is 0.221 e. The van der Waals surface area contributed by atoms with Gasteiger partial charge in [0.1, 0.15) is 5.75 Å². The van der Waals surface area contributed by atoms with Gasteiger partial charge in [0.2, 0.25) is 5.91 Å². The van der Waals surface area contributed by atoms with E-state index >= 15 is 0 Å². The summed E-state index contributed by atoms with van der Waals surface area (Å²) >= 11 is 0. The van der Waals surface area contributed by atoms with Crippen molar-refractivity contribution in [2.45, 2.75) is 19.5 Å². The largest absolute Gasteiger partial charge is 0.496 e. The van der Waals surface area contributed by atoms with Crippen molar-refractivity contribution in [2.75, 3.05) is 27.7 Å². The molecule has 3 N–H and O–H groups in total. The van der Waals surface area contributed by atoms with Crippen LogP contribution in [0.3, 0.4) is 0 Å². The van der Waals surface area contributed by atoms with Gasteiger partial charge in [0.05, 0.1) is 7.11 Å². The lowest BCUT2D eigenvalue weighted by Gasteiger charge is -2.17. The molecule has 0 fully saturated rings. The summed E-state index contributed by atoms with van der Waals surface area (Å²) in [5.74, 6) is 0.878. The molecule has 0 unspecified atom stereocenters. The van der Waals surface area contributed by atoms with E-state index < -0.39 is 0 Å². The summed E-state index contributed by atoms with van der Waals surface area (Å²) in [6.07, 6.45) is 0.507. The minimum Gasteiger partial charge on any atom is -0.496 e. The Hall–Kier alpha value is -1.59. The highest BCUT2D eigenvalue weighted by Crippen LogP contribution is 2.19. The van der Waals surface area contributed by atoms with Gasteiger partial charge in [-0.15, -0.1) is 0 Å². The van der Waals surface area contributed by atoms with Crippen molar-refractivity contribution >= 4 is 5.91 Å². The minimum absolute atomic E-state index is 0.0595. The lowest BCUT2D eigenvalue weighted by molar-refractivity contribution is -0.120. The Bertz CT molecular complexity index is 421. The molecule has 0 saturated heterocycles. The average Bonchev–Trinajstić information content (AvgIpc) is 2.44. The van der Waals surface area contributed by atoms with Crippen molar-refractivity contribution in [1.29, 1.82) is 0 Å². The molecule has 19 heavy (non-hydrogen) atoms. The summed E-state index contributed by atoms with van der Waals surface area (Å²) in [4.78, 5) is 13.3. The van der Waals surface area contributed by atoms with E-state index in [2.05, 4.69) is 16.3 Å². The monoisotopic (exact) mass is 265 g/mol. The molecule has 1 aromatic rings. The van der Waals surface area contributed by atoms with Gasteiger partial charge in [-0.1, -0.05) is 6.07 Å². The molecule has 0 aliphatic heterocycles. The zero-order valence-corrected chi connectivity index (χ0v) is 11.9. The number of nitrogens with zero attached hydrogens (tertiary/aromatic N) is 1. The predicted molar refractivity (Wildman–Crippen MR) is 75.9 cm³/mol. The maximum absolute atomic E-state index is 11.2. The summed E-state index contributed by atoms with van der Waals surface area (Å²) in [5.41, 5.74) is 7.86. The third-order valence-electron chi connectivity index (χ3n) is 3.02. The molecule has 0 saturated carbocycles. The van der Waals surface area contributed by atoms with Gasteiger partial charge < -0.3 is 20.7 Å². The molecule has 0 spiro atoms. The van der Waals surface area contributed by atoms with Crippen LogP contribution in [0.1, 0.15) is 17.5 Å². The zero-order chi connectivity index (χ0) is 14.3. The predicted octanol–water partition coefficient (Wildman–Crippen LogP) is 0.722. The fraction of sp³-hybridized carbons (Fsp3) is 0.500. The maximum atomic E-state index is 11.2. The van der Waals surface area contributed by atoms with Crippen LogP contribution in [0.5, 0.6) is 5.75 Å². The number of nitrogens with one attached hydrogen (secondary N) is 1. The molecular formula is C14H23N3O2. The van der Waals surface area contributed by atoms with Crippen LogP contribution < -0.4 is 15.8 Å². The van der Waals surface area contributed by atoms with Crippen LogP contribution in [0.4, 0.5) is 0 Å². The quantitative estimate of drug-likeness (QED) is 0.762. The summed E-state index contributed by atoms with van der Waals surface area (Å²) < 4.78 is 5.24. The number of hydrogen-bond acceptors (Lipinski definition) is 4. The molecule has 1 aromatic carbocycles. The summed E-state index contributed by atoms with van der Waals surface area (Å²) in [5, 5.41) is 2.62. The number of hydrogen-bond donors (Lipinski definition) is 2. The minimum atomic E-state index is 0.0595. The lowest BCUT2D eigenvalue weighted by Crippen LogP contribution is -2.26. The van der Waals surface area contributed by atoms with Crippen molar-refractivity contribution in [3.8, 4) is 5.75 Å². The second kappa shape index (κ2) is 7.76. The number of carbonyl (C=O) groups excluding carboxylic acids is 1. The Kier molecular flexibility index (Phi) is 6.32. The van der Waals surface area contributed by atoms with Crippen LogP contribution in [0.25, 0.3) is 0 Å². The number of amides is 1. The molecule has 0 heterocycles. The first-order valence-electron chi connectivity index (χ1n) is 6.35. The van der Waals surface area contributed by atoms with Crippen LogP contribution in [0.15, 0.2) is 18.2 Å². The summed E-state index contributed by atoms with van der Waals surface area (Å²) in [6, 6.07) is 6.01. The summed E-state index contributed by atoms with van der Waals surface area (Å²) in [6.45, 7) is 1.97. The number of ether oxygens (including phenoxy) is 1. The molecule has 0 aromatic heterocycles. The first-order chi connectivity index (χ1) is 9.10. The average molecular weight is 265 g/mol. The molecule has 5 nitrogen and oxygen atoms in total. The second-order valence-electron chi connectivity index (χ2n) is 4.51. The number of methoxy groups -OCH3 is 1. The van der Waals surface area contributed by atoms with Gasteiger partial charge in [0.15, 0.2) is 0 Å². The van der Waals surface area contributed by atoms with Crippen LogP contribution >= 0.6 is 0 Å². The van der Waals surface area contributed by atoms with Gasteiger partial charge in [-0.3, -0.25) is 4.79 Å². The van der Waals surface area contributed by atoms with Gasteiger partial charge in [-0.25, -0.2) is 0 Å². The van der Waals surface area contributed by atoms with Crippen molar-refractivity contribution in [3.63, 3.8) is 0 Å². The van der Waals surface area contributed by atoms with Gasteiger partial charge >= 0.3 is 0 Å². The van der Waals surface area contributed by atoms with E-state index in [1.807, 2.05) is 19.2 Å². The Morgan fingerprint density at radius 3 is 2.79 bits per heavy atom. The van der Waals surface area contributed by atoms with Gasteiger partial charge in [0, 0.05) is 38.7 Å². The van der Waals surface area contributed by atoms with E-state index in [9.17, 15) is 4.79 Å². The van der Waals surface area contributed by atoms with E-state index in [1.54, 1.807) is 14.2 Å².